The van der Waals surface area contributed by atoms with Crippen molar-refractivity contribution in [1.29, 1.82) is 0 Å². The van der Waals surface area contributed by atoms with Crippen molar-refractivity contribution in [2.45, 2.75) is 59.5 Å². The molecule has 1 atom stereocenters. The molecule has 2 N–H and O–H groups in total. The summed E-state index contributed by atoms with van der Waals surface area (Å²) in [4.78, 5) is 0. The van der Waals surface area contributed by atoms with Crippen molar-refractivity contribution < 1.29 is 4.42 Å². The summed E-state index contributed by atoms with van der Waals surface area (Å²) in [7, 11) is 1.87. The van der Waals surface area contributed by atoms with Crippen molar-refractivity contribution >= 4 is 6.01 Å². The molecule has 0 fully saturated rings. The van der Waals surface area contributed by atoms with E-state index in [0.29, 0.717) is 11.9 Å². The average molecular weight is 254 g/mol. The average Bonchev–Trinajstić information content (AvgIpc) is 2.60. The Labute approximate surface area is 110 Å². The van der Waals surface area contributed by atoms with Crippen molar-refractivity contribution in [3.63, 3.8) is 0 Å². The number of hydrogen-bond acceptors (Lipinski definition) is 5. The molecular formula is C13H26N4O. The Hall–Kier alpha value is -1.10. The van der Waals surface area contributed by atoms with Gasteiger partial charge in [0.1, 0.15) is 0 Å². The van der Waals surface area contributed by atoms with Gasteiger partial charge >= 0.3 is 6.01 Å². The van der Waals surface area contributed by atoms with Crippen LogP contribution in [0.4, 0.5) is 6.01 Å². The molecule has 0 saturated carbocycles. The third-order valence-electron chi connectivity index (χ3n) is 2.66. The zero-order valence-electron chi connectivity index (χ0n) is 12.6. The molecule has 5 heteroatoms. The summed E-state index contributed by atoms with van der Waals surface area (Å²) in [6, 6.07) is 0.556. The number of anilines is 1. The number of aromatic nitrogens is 2. The third kappa shape index (κ3) is 4.64. The summed E-state index contributed by atoms with van der Waals surface area (Å²) in [5.74, 6) is 0.603. The molecule has 1 rings (SSSR count). The van der Waals surface area contributed by atoms with E-state index in [9.17, 15) is 0 Å². The van der Waals surface area contributed by atoms with Gasteiger partial charge in [-0.3, -0.25) is 0 Å². The molecule has 1 aromatic rings. The summed E-state index contributed by atoms with van der Waals surface area (Å²) in [6.07, 6.45) is 1.01. The molecule has 18 heavy (non-hydrogen) atoms. The molecule has 1 unspecified atom stereocenters. The Morgan fingerprint density at radius 3 is 2.28 bits per heavy atom. The zero-order valence-corrected chi connectivity index (χ0v) is 12.6. The first-order valence-corrected chi connectivity index (χ1v) is 6.42. The number of rotatable bonds is 5. The maximum absolute atomic E-state index is 5.59. The van der Waals surface area contributed by atoms with Gasteiger partial charge in [-0.05, 0) is 39.7 Å². The highest BCUT2D eigenvalue weighted by molar-refractivity contribution is 5.23. The number of nitrogens with zero attached hydrogens (tertiary/aromatic N) is 2. The van der Waals surface area contributed by atoms with Gasteiger partial charge in [0.05, 0.1) is 6.04 Å². The summed E-state index contributed by atoms with van der Waals surface area (Å²) in [6.45, 7) is 12.9. The van der Waals surface area contributed by atoms with Crippen LogP contribution in [0.3, 0.4) is 0 Å². The second-order valence-corrected chi connectivity index (χ2v) is 6.70. The molecule has 104 valence electrons. The van der Waals surface area contributed by atoms with E-state index in [4.69, 9.17) is 4.42 Å². The standard InChI is InChI=1S/C13H26N4O/c1-9(14-7)10-16-17-11(18-10)15-13(5,6)8-12(2,3)4/h9,14H,8H2,1-7H3,(H,15,17). The Morgan fingerprint density at radius 2 is 1.78 bits per heavy atom. The Kier molecular flexibility index (Phi) is 4.37. The van der Waals surface area contributed by atoms with E-state index >= 15 is 0 Å². The maximum atomic E-state index is 5.59. The molecular weight excluding hydrogens is 228 g/mol. The lowest BCUT2D eigenvalue weighted by molar-refractivity contribution is 0.297. The zero-order chi connectivity index (χ0) is 14.0. The smallest absolute Gasteiger partial charge is 0.315 e. The highest BCUT2D eigenvalue weighted by Crippen LogP contribution is 2.29. The molecule has 0 radical (unpaired) electrons. The van der Waals surface area contributed by atoms with Crippen LogP contribution in [0.15, 0.2) is 4.42 Å². The second-order valence-electron chi connectivity index (χ2n) is 6.70. The van der Waals surface area contributed by atoms with Crippen LogP contribution in [0.1, 0.15) is 59.9 Å². The van der Waals surface area contributed by atoms with Gasteiger partial charge in [0, 0.05) is 5.54 Å². The van der Waals surface area contributed by atoms with E-state index in [0.717, 1.165) is 6.42 Å². The van der Waals surface area contributed by atoms with E-state index in [1.807, 2.05) is 14.0 Å². The molecule has 0 aliphatic carbocycles. The molecule has 1 aromatic heterocycles. The minimum Gasteiger partial charge on any atom is -0.406 e. The van der Waals surface area contributed by atoms with E-state index in [1.54, 1.807) is 0 Å². The van der Waals surface area contributed by atoms with Gasteiger partial charge in [-0.2, -0.15) is 0 Å². The van der Waals surface area contributed by atoms with Gasteiger partial charge in [-0.25, -0.2) is 0 Å². The van der Waals surface area contributed by atoms with Gasteiger partial charge in [0.15, 0.2) is 0 Å². The Balaban J connectivity index is 2.69. The lowest BCUT2D eigenvalue weighted by Crippen LogP contribution is -2.35. The van der Waals surface area contributed by atoms with Crippen LogP contribution in [0.2, 0.25) is 0 Å². The van der Waals surface area contributed by atoms with Crippen molar-refractivity contribution in [3.8, 4) is 0 Å². The van der Waals surface area contributed by atoms with Gasteiger partial charge in [-0.15, -0.1) is 5.10 Å². The highest BCUT2D eigenvalue weighted by atomic mass is 16.4. The number of hydrogen-bond donors (Lipinski definition) is 2. The Bertz CT molecular complexity index is 379. The van der Waals surface area contributed by atoms with Crippen LogP contribution in [0.25, 0.3) is 0 Å². The normalized spacial score (nSPS) is 14.6. The lowest BCUT2D eigenvalue weighted by Gasteiger charge is -2.32. The SMILES string of the molecule is CNC(C)c1nnc(NC(C)(C)CC(C)(C)C)o1. The minimum atomic E-state index is -0.0784. The topological polar surface area (TPSA) is 63.0 Å². The number of nitrogens with one attached hydrogen (secondary N) is 2. The molecule has 0 aromatic carbocycles. The van der Waals surface area contributed by atoms with Crippen LogP contribution >= 0.6 is 0 Å². The first-order chi connectivity index (χ1) is 8.13. The Morgan fingerprint density at radius 1 is 1.17 bits per heavy atom. The second kappa shape index (κ2) is 5.26. The van der Waals surface area contributed by atoms with Crippen LogP contribution in [0.5, 0.6) is 0 Å². The molecule has 0 bridgehead atoms. The summed E-state index contributed by atoms with van der Waals surface area (Å²) in [5, 5.41) is 14.4. The maximum Gasteiger partial charge on any atom is 0.315 e. The molecule has 0 amide bonds. The van der Waals surface area contributed by atoms with Crippen molar-refractivity contribution in [2.24, 2.45) is 5.41 Å². The van der Waals surface area contributed by atoms with Crippen LogP contribution < -0.4 is 10.6 Å². The molecule has 0 saturated heterocycles. The van der Waals surface area contributed by atoms with E-state index in [2.05, 4.69) is 55.4 Å². The molecule has 0 spiro atoms. The first-order valence-electron chi connectivity index (χ1n) is 6.42. The minimum absolute atomic E-state index is 0.0683. The van der Waals surface area contributed by atoms with Crippen LogP contribution in [-0.4, -0.2) is 22.8 Å². The predicted octanol–water partition coefficient (Wildman–Crippen LogP) is 2.98. The van der Waals surface area contributed by atoms with E-state index < -0.39 is 0 Å². The highest BCUT2D eigenvalue weighted by Gasteiger charge is 2.27. The van der Waals surface area contributed by atoms with Crippen LogP contribution in [0, 0.1) is 5.41 Å². The lowest BCUT2D eigenvalue weighted by atomic mass is 9.82. The summed E-state index contributed by atoms with van der Waals surface area (Å²) < 4.78 is 5.59. The van der Waals surface area contributed by atoms with Gasteiger partial charge < -0.3 is 15.1 Å². The van der Waals surface area contributed by atoms with Crippen molar-refractivity contribution in [1.82, 2.24) is 15.5 Å². The summed E-state index contributed by atoms with van der Waals surface area (Å²) in [5.41, 5.74) is 0.169. The fourth-order valence-corrected chi connectivity index (χ4v) is 2.24. The van der Waals surface area contributed by atoms with Crippen molar-refractivity contribution in [2.75, 3.05) is 12.4 Å². The molecule has 0 aliphatic heterocycles. The first kappa shape index (κ1) is 15.0. The van der Waals surface area contributed by atoms with Gasteiger partial charge in [0.2, 0.25) is 5.89 Å². The molecule has 0 aliphatic rings. The monoisotopic (exact) mass is 254 g/mol. The predicted molar refractivity (Wildman–Crippen MR) is 73.5 cm³/mol. The fraction of sp³-hybridized carbons (Fsp3) is 0.846. The molecule has 5 nitrogen and oxygen atoms in total. The summed E-state index contributed by atoms with van der Waals surface area (Å²) >= 11 is 0. The van der Waals surface area contributed by atoms with Crippen LogP contribution in [-0.2, 0) is 0 Å². The van der Waals surface area contributed by atoms with Gasteiger partial charge in [0.25, 0.3) is 0 Å². The van der Waals surface area contributed by atoms with Crippen molar-refractivity contribution in [3.05, 3.63) is 5.89 Å². The largest absolute Gasteiger partial charge is 0.406 e. The van der Waals surface area contributed by atoms with E-state index in [1.165, 1.54) is 0 Å². The quantitative estimate of drug-likeness (QED) is 0.845. The molecule has 1 heterocycles. The third-order valence-corrected chi connectivity index (χ3v) is 2.66. The van der Waals surface area contributed by atoms with E-state index in [-0.39, 0.29) is 17.0 Å². The van der Waals surface area contributed by atoms with Gasteiger partial charge in [-0.1, -0.05) is 25.9 Å². The fourth-order valence-electron chi connectivity index (χ4n) is 2.24.